The van der Waals surface area contributed by atoms with Crippen molar-refractivity contribution in [2.45, 2.75) is 19.1 Å². The molecule has 1 rings (SSSR count). The molecule has 0 aliphatic heterocycles. The van der Waals surface area contributed by atoms with Crippen LogP contribution >= 0.6 is 0 Å². The summed E-state index contributed by atoms with van der Waals surface area (Å²) in [6, 6.07) is 8.55. The van der Waals surface area contributed by atoms with E-state index in [0.717, 1.165) is 13.0 Å². The lowest BCUT2D eigenvalue weighted by molar-refractivity contribution is 0.574. The first-order valence-corrected chi connectivity index (χ1v) is 7.89. The number of hydrogen-bond acceptors (Lipinski definition) is 4. The normalized spacial score (nSPS) is 11.2. The van der Waals surface area contributed by atoms with Crippen molar-refractivity contribution >= 4 is 10.0 Å². The number of rotatable bonds is 8. The summed E-state index contributed by atoms with van der Waals surface area (Å²) in [5.41, 5.74) is 1.20. The Morgan fingerprint density at radius 3 is 2.42 bits per heavy atom. The Balaban J connectivity index is 2.43. The fourth-order valence-corrected chi connectivity index (χ4v) is 2.69. The van der Waals surface area contributed by atoms with Gasteiger partial charge in [-0.05, 0) is 30.7 Å². The summed E-state index contributed by atoms with van der Waals surface area (Å²) in [4.78, 5) is 0. The number of nitriles is 1. The second-order valence-electron chi connectivity index (χ2n) is 4.21. The van der Waals surface area contributed by atoms with Crippen molar-refractivity contribution in [3.05, 3.63) is 35.4 Å². The second kappa shape index (κ2) is 7.89. The van der Waals surface area contributed by atoms with E-state index in [-0.39, 0.29) is 5.75 Å². The third kappa shape index (κ3) is 6.34. The van der Waals surface area contributed by atoms with E-state index in [0.29, 0.717) is 24.2 Å². The van der Waals surface area contributed by atoms with E-state index in [9.17, 15) is 8.42 Å². The van der Waals surface area contributed by atoms with Crippen LogP contribution in [0.1, 0.15) is 24.5 Å². The summed E-state index contributed by atoms with van der Waals surface area (Å²) in [5, 5.41) is 11.8. The molecule has 0 atom stereocenters. The van der Waals surface area contributed by atoms with Crippen LogP contribution in [0.25, 0.3) is 0 Å². The lowest BCUT2D eigenvalue weighted by Gasteiger charge is -2.07. The van der Waals surface area contributed by atoms with Crippen molar-refractivity contribution in [3.63, 3.8) is 0 Å². The molecule has 0 spiro atoms. The number of hydrogen-bond donors (Lipinski definition) is 2. The fraction of sp³-hybridized carbons (Fsp3) is 0.462. The molecule has 0 bridgehead atoms. The highest BCUT2D eigenvalue weighted by molar-refractivity contribution is 7.88. The van der Waals surface area contributed by atoms with E-state index in [1.165, 1.54) is 0 Å². The van der Waals surface area contributed by atoms with Crippen LogP contribution in [0, 0.1) is 11.3 Å². The van der Waals surface area contributed by atoms with Crippen LogP contribution in [0.15, 0.2) is 24.3 Å². The molecule has 6 heteroatoms. The molecule has 0 radical (unpaired) electrons. The summed E-state index contributed by atoms with van der Waals surface area (Å²) < 4.78 is 26.1. The SMILES string of the molecule is CCCNCCNS(=O)(=O)Cc1ccc(C#N)cc1. The van der Waals surface area contributed by atoms with Gasteiger partial charge in [-0.25, -0.2) is 13.1 Å². The molecule has 1 aromatic carbocycles. The van der Waals surface area contributed by atoms with Gasteiger partial charge in [0.15, 0.2) is 0 Å². The molecule has 0 saturated heterocycles. The van der Waals surface area contributed by atoms with E-state index in [1.807, 2.05) is 6.07 Å². The summed E-state index contributed by atoms with van der Waals surface area (Å²) in [6.45, 7) is 3.96. The minimum absolute atomic E-state index is 0.0630. The molecular formula is C13H19N3O2S. The maximum absolute atomic E-state index is 11.8. The minimum atomic E-state index is -3.31. The molecule has 0 aromatic heterocycles. The zero-order valence-electron chi connectivity index (χ0n) is 11.0. The van der Waals surface area contributed by atoms with Gasteiger partial charge in [-0.15, -0.1) is 0 Å². The quantitative estimate of drug-likeness (QED) is 0.696. The number of sulfonamides is 1. The zero-order chi connectivity index (χ0) is 14.1. The lowest BCUT2D eigenvalue weighted by Crippen LogP contribution is -2.32. The number of nitrogens with zero attached hydrogens (tertiary/aromatic N) is 1. The van der Waals surface area contributed by atoms with Gasteiger partial charge in [-0.2, -0.15) is 5.26 Å². The first-order chi connectivity index (χ1) is 9.07. The molecule has 2 N–H and O–H groups in total. The molecule has 104 valence electrons. The van der Waals surface area contributed by atoms with Crippen molar-refractivity contribution < 1.29 is 8.42 Å². The second-order valence-corrected chi connectivity index (χ2v) is 6.02. The van der Waals surface area contributed by atoms with Crippen LogP contribution in [0.5, 0.6) is 0 Å². The summed E-state index contributed by atoms with van der Waals surface area (Å²) in [6.07, 6.45) is 1.03. The van der Waals surface area contributed by atoms with Gasteiger partial charge in [-0.3, -0.25) is 0 Å². The molecule has 0 amide bonds. The molecule has 0 aliphatic rings. The predicted octanol–water partition coefficient (Wildman–Crippen LogP) is 0.977. The van der Waals surface area contributed by atoms with Gasteiger partial charge < -0.3 is 5.32 Å². The monoisotopic (exact) mass is 281 g/mol. The van der Waals surface area contributed by atoms with Crippen LogP contribution < -0.4 is 10.0 Å². The molecule has 0 fully saturated rings. The molecule has 19 heavy (non-hydrogen) atoms. The molecular weight excluding hydrogens is 262 g/mol. The Bertz CT molecular complexity index is 518. The topological polar surface area (TPSA) is 82.0 Å². The lowest BCUT2D eigenvalue weighted by atomic mass is 10.2. The maximum Gasteiger partial charge on any atom is 0.215 e. The smallest absolute Gasteiger partial charge is 0.215 e. The third-order valence-corrected chi connectivity index (χ3v) is 3.85. The highest BCUT2D eigenvalue weighted by atomic mass is 32.2. The number of nitrogens with one attached hydrogen (secondary N) is 2. The van der Waals surface area contributed by atoms with Crippen LogP contribution in [0.2, 0.25) is 0 Å². The molecule has 0 aliphatic carbocycles. The van der Waals surface area contributed by atoms with Gasteiger partial charge in [0.05, 0.1) is 17.4 Å². The van der Waals surface area contributed by atoms with Gasteiger partial charge in [0.1, 0.15) is 0 Å². The van der Waals surface area contributed by atoms with E-state index in [4.69, 9.17) is 5.26 Å². The Morgan fingerprint density at radius 2 is 1.84 bits per heavy atom. The van der Waals surface area contributed by atoms with E-state index < -0.39 is 10.0 Å². The van der Waals surface area contributed by atoms with E-state index >= 15 is 0 Å². The number of benzene rings is 1. The fourth-order valence-electron chi connectivity index (χ4n) is 1.54. The van der Waals surface area contributed by atoms with Crippen LogP contribution in [-0.2, 0) is 15.8 Å². The van der Waals surface area contributed by atoms with Gasteiger partial charge in [0.25, 0.3) is 0 Å². The van der Waals surface area contributed by atoms with Gasteiger partial charge in [0.2, 0.25) is 10.0 Å². The van der Waals surface area contributed by atoms with Gasteiger partial charge >= 0.3 is 0 Å². The molecule has 0 heterocycles. The Kier molecular flexibility index (Phi) is 6.50. The Morgan fingerprint density at radius 1 is 1.16 bits per heavy atom. The van der Waals surface area contributed by atoms with Crippen molar-refractivity contribution in [2.24, 2.45) is 0 Å². The summed E-state index contributed by atoms with van der Waals surface area (Å²) in [5.74, 6) is -0.0630. The van der Waals surface area contributed by atoms with E-state index in [1.54, 1.807) is 24.3 Å². The zero-order valence-corrected chi connectivity index (χ0v) is 11.8. The summed E-state index contributed by atoms with van der Waals surface area (Å²) >= 11 is 0. The molecule has 5 nitrogen and oxygen atoms in total. The van der Waals surface area contributed by atoms with Crippen molar-refractivity contribution in [1.29, 1.82) is 5.26 Å². The third-order valence-electron chi connectivity index (χ3n) is 2.49. The van der Waals surface area contributed by atoms with Crippen LogP contribution in [-0.4, -0.2) is 28.1 Å². The van der Waals surface area contributed by atoms with Crippen molar-refractivity contribution in [1.82, 2.24) is 10.0 Å². The molecule has 1 aromatic rings. The largest absolute Gasteiger partial charge is 0.315 e. The minimum Gasteiger partial charge on any atom is -0.315 e. The maximum atomic E-state index is 11.8. The van der Waals surface area contributed by atoms with E-state index in [2.05, 4.69) is 17.0 Å². The average molecular weight is 281 g/mol. The van der Waals surface area contributed by atoms with Crippen LogP contribution in [0.3, 0.4) is 0 Å². The first kappa shape index (κ1) is 15.6. The first-order valence-electron chi connectivity index (χ1n) is 6.24. The average Bonchev–Trinajstić information content (AvgIpc) is 2.39. The Hall–Kier alpha value is -1.42. The highest BCUT2D eigenvalue weighted by Crippen LogP contribution is 2.06. The van der Waals surface area contributed by atoms with Crippen molar-refractivity contribution in [2.75, 3.05) is 19.6 Å². The van der Waals surface area contributed by atoms with Gasteiger partial charge in [0, 0.05) is 13.1 Å². The summed E-state index contributed by atoms with van der Waals surface area (Å²) in [7, 11) is -3.31. The standard InChI is InChI=1S/C13H19N3O2S/c1-2-7-15-8-9-16-19(17,18)11-13-5-3-12(10-14)4-6-13/h3-6,15-16H,2,7-9,11H2,1H3. The highest BCUT2D eigenvalue weighted by Gasteiger charge is 2.10. The van der Waals surface area contributed by atoms with Crippen molar-refractivity contribution in [3.8, 4) is 6.07 Å². The molecule has 0 unspecified atom stereocenters. The molecule has 0 saturated carbocycles. The van der Waals surface area contributed by atoms with Crippen LogP contribution in [0.4, 0.5) is 0 Å². The van der Waals surface area contributed by atoms with Gasteiger partial charge in [-0.1, -0.05) is 19.1 Å². The predicted molar refractivity (Wildman–Crippen MR) is 74.9 cm³/mol. The Labute approximate surface area is 114 Å².